The fourth-order valence-corrected chi connectivity index (χ4v) is 2.18. The van der Waals surface area contributed by atoms with Crippen molar-refractivity contribution in [2.24, 2.45) is 5.41 Å². The van der Waals surface area contributed by atoms with Crippen LogP contribution in [0.4, 0.5) is 5.69 Å². The van der Waals surface area contributed by atoms with E-state index in [4.69, 9.17) is 0 Å². The first-order valence-corrected chi connectivity index (χ1v) is 4.84. The Morgan fingerprint density at radius 2 is 2.15 bits per heavy atom. The number of hydrogen-bond acceptors (Lipinski definition) is 2. The van der Waals surface area contributed by atoms with Gasteiger partial charge in [0.15, 0.2) is 0 Å². The Hall–Kier alpha value is -1.18. The molecule has 2 heteroatoms. The Balaban J connectivity index is 2.06. The minimum atomic E-state index is 0.455. The zero-order valence-electron chi connectivity index (χ0n) is 7.51. The van der Waals surface area contributed by atoms with Crippen LogP contribution in [0.3, 0.4) is 0 Å². The van der Waals surface area contributed by atoms with Gasteiger partial charge in [0.05, 0.1) is 0 Å². The Kier molecular flexibility index (Phi) is 1.22. The van der Waals surface area contributed by atoms with E-state index in [0.717, 1.165) is 24.2 Å². The van der Waals surface area contributed by atoms with Gasteiger partial charge in [-0.15, -0.1) is 0 Å². The van der Waals surface area contributed by atoms with Gasteiger partial charge < -0.3 is 10.4 Å². The van der Waals surface area contributed by atoms with E-state index in [2.05, 4.69) is 5.32 Å². The molecular weight excluding hydrogens is 162 g/mol. The summed E-state index contributed by atoms with van der Waals surface area (Å²) in [7, 11) is 0. The lowest BCUT2D eigenvalue weighted by molar-refractivity contribution is 0.447. The van der Waals surface area contributed by atoms with Crippen molar-refractivity contribution >= 4 is 5.69 Å². The summed E-state index contributed by atoms with van der Waals surface area (Å²) in [6.07, 6.45) is 3.68. The highest BCUT2D eigenvalue weighted by Crippen LogP contribution is 2.52. The van der Waals surface area contributed by atoms with Gasteiger partial charge in [0.25, 0.3) is 0 Å². The Bertz CT molecular complexity index is 355. The van der Waals surface area contributed by atoms with E-state index in [1.54, 1.807) is 6.07 Å². The highest BCUT2D eigenvalue weighted by Gasteiger charge is 2.45. The molecule has 1 aliphatic carbocycles. The minimum Gasteiger partial charge on any atom is -0.508 e. The van der Waals surface area contributed by atoms with Crippen LogP contribution in [0.5, 0.6) is 5.75 Å². The summed E-state index contributed by atoms with van der Waals surface area (Å²) in [5.74, 6) is 0.455. The van der Waals surface area contributed by atoms with E-state index >= 15 is 0 Å². The molecule has 1 aliphatic heterocycles. The smallest absolute Gasteiger partial charge is 0.120 e. The fraction of sp³-hybridized carbons (Fsp3) is 0.455. The first kappa shape index (κ1) is 7.25. The van der Waals surface area contributed by atoms with Crippen molar-refractivity contribution in [3.05, 3.63) is 23.8 Å². The number of hydrogen-bond donors (Lipinski definition) is 2. The lowest BCUT2D eigenvalue weighted by Gasteiger charge is -2.26. The van der Waals surface area contributed by atoms with E-state index < -0.39 is 0 Å². The largest absolute Gasteiger partial charge is 0.508 e. The summed E-state index contributed by atoms with van der Waals surface area (Å²) in [4.78, 5) is 0. The van der Waals surface area contributed by atoms with Crippen LogP contribution in [0.15, 0.2) is 18.2 Å². The third kappa shape index (κ3) is 1.01. The van der Waals surface area contributed by atoms with Gasteiger partial charge in [-0.25, -0.2) is 0 Å². The lowest BCUT2D eigenvalue weighted by atomic mass is 9.91. The lowest BCUT2D eigenvalue weighted by Crippen LogP contribution is -2.24. The van der Waals surface area contributed by atoms with Crippen molar-refractivity contribution < 1.29 is 5.11 Å². The predicted molar refractivity (Wildman–Crippen MR) is 52.0 cm³/mol. The number of phenolic OH excluding ortho intramolecular Hbond substituents is 1. The number of fused-ring (bicyclic) bond motifs is 1. The van der Waals surface area contributed by atoms with Crippen molar-refractivity contribution in [1.82, 2.24) is 0 Å². The molecule has 1 heterocycles. The van der Waals surface area contributed by atoms with Crippen LogP contribution in [0.2, 0.25) is 0 Å². The Labute approximate surface area is 77.6 Å². The molecular formula is C11H13NO. The molecule has 1 spiro atoms. The molecule has 3 rings (SSSR count). The Morgan fingerprint density at radius 1 is 1.31 bits per heavy atom. The van der Waals surface area contributed by atoms with Gasteiger partial charge in [0.1, 0.15) is 5.75 Å². The molecule has 1 aromatic carbocycles. The number of benzene rings is 1. The number of nitrogens with one attached hydrogen (secondary N) is 1. The number of anilines is 1. The molecule has 0 bridgehead atoms. The molecule has 0 radical (unpaired) electrons. The number of aromatic hydroxyl groups is 1. The van der Waals surface area contributed by atoms with E-state index in [1.807, 2.05) is 12.1 Å². The monoisotopic (exact) mass is 175 g/mol. The molecule has 2 aliphatic rings. The molecule has 2 nitrogen and oxygen atoms in total. The van der Waals surface area contributed by atoms with Gasteiger partial charge in [-0.1, -0.05) is 6.07 Å². The van der Waals surface area contributed by atoms with Gasteiger partial charge in [0, 0.05) is 17.8 Å². The predicted octanol–water partition coefficient (Wildman–Crippen LogP) is 2.14. The van der Waals surface area contributed by atoms with Gasteiger partial charge >= 0.3 is 0 Å². The third-order valence-electron chi connectivity index (χ3n) is 3.31. The van der Waals surface area contributed by atoms with Crippen LogP contribution in [-0.4, -0.2) is 11.7 Å². The summed E-state index contributed by atoms with van der Waals surface area (Å²) in [5, 5.41) is 13.1. The molecule has 2 N–H and O–H groups in total. The van der Waals surface area contributed by atoms with Crippen LogP contribution in [0.25, 0.3) is 0 Å². The van der Waals surface area contributed by atoms with Crippen LogP contribution >= 0.6 is 0 Å². The maximum atomic E-state index is 9.68. The molecule has 0 unspecified atom stereocenters. The summed E-state index contributed by atoms with van der Waals surface area (Å²) in [5.41, 5.74) is 2.73. The first-order chi connectivity index (χ1) is 6.29. The van der Waals surface area contributed by atoms with Crippen molar-refractivity contribution in [2.75, 3.05) is 11.9 Å². The molecule has 68 valence electrons. The molecule has 0 amide bonds. The normalized spacial score (nSPS) is 22.2. The van der Waals surface area contributed by atoms with Crippen molar-refractivity contribution in [3.63, 3.8) is 0 Å². The quantitative estimate of drug-likeness (QED) is 0.633. The summed E-state index contributed by atoms with van der Waals surface area (Å²) in [6, 6.07) is 5.72. The van der Waals surface area contributed by atoms with Crippen LogP contribution in [0.1, 0.15) is 18.4 Å². The van der Waals surface area contributed by atoms with Crippen LogP contribution in [-0.2, 0) is 6.42 Å². The van der Waals surface area contributed by atoms with Gasteiger partial charge in [-0.05, 0) is 36.8 Å². The highest BCUT2D eigenvalue weighted by atomic mass is 16.3. The van der Waals surface area contributed by atoms with Crippen LogP contribution < -0.4 is 5.32 Å². The summed E-state index contributed by atoms with van der Waals surface area (Å²) >= 11 is 0. The molecule has 1 fully saturated rings. The minimum absolute atomic E-state index is 0.455. The zero-order valence-corrected chi connectivity index (χ0v) is 7.51. The standard InChI is InChI=1S/C11H13NO/c13-10-3-1-2-9-8(10)6-11(4-5-11)7-12-9/h1-3,12-13H,4-7H2. The topological polar surface area (TPSA) is 32.3 Å². The van der Waals surface area contributed by atoms with E-state index in [-0.39, 0.29) is 0 Å². The summed E-state index contributed by atoms with van der Waals surface area (Å²) < 4.78 is 0. The second-order valence-electron chi connectivity index (χ2n) is 4.33. The van der Waals surface area contributed by atoms with E-state index in [0.29, 0.717) is 11.2 Å². The summed E-state index contributed by atoms with van der Waals surface area (Å²) in [6.45, 7) is 1.09. The van der Waals surface area contributed by atoms with Gasteiger partial charge in [-0.2, -0.15) is 0 Å². The maximum Gasteiger partial charge on any atom is 0.120 e. The van der Waals surface area contributed by atoms with E-state index in [9.17, 15) is 5.11 Å². The van der Waals surface area contributed by atoms with Crippen molar-refractivity contribution in [3.8, 4) is 5.75 Å². The van der Waals surface area contributed by atoms with Crippen molar-refractivity contribution in [1.29, 1.82) is 0 Å². The van der Waals surface area contributed by atoms with E-state index in [1.165, 1.54) is 12.8 Å². The SMILES string of the molecule is Oc1cccc2c1CC1(CC1)CN2. The third-order valence-corrected chi connectivity index (χ3v) is 3.31. The van der Waals surface area contributed by atoms with Gasteiger partial charge in [-0.3, -0.25) is 0 Å². The first-order valence-electron chi connectivity index (χ1n) is 4.84. The van der Waals surface area contributed by atoms with Crippen LogP contribution in [0, 0.1) is 5.41 Å². The number of rotatable bonds is 0. The second-order valence-corrected chi connectivity index (χ2v) is 4.33. The highest BCUT2D eigenvalue weighted by molar-refractivity contribution is 5.60. The second kappa shape index (κ2) is 2.19. The zero-order chi connectivity index (χ0) is 8.89. The molecule has 13 heavy (non-hydrogen) atoms. The fourth-order valence-electron chi connectivity index (χ4n) is 2.18. The average molecular weight is 175 g/mol. The van der Waals surface area contributed by atoms with Gasteiger partial charge in [0.2, 0.25) is 0 Å². The molecule has 1 saturated carbocycles. The average Bonchev–Trinajstić information content (AvgIpc) is 2.88. The van der Waals surface area contributed by atoms with Crippen molar-refractivity contribution in [2.45, 2.75) is 19.3 Å². The molecule has 1 aromatic rings. The molecule has 0 atom stereocenters. The molecule has 0 aromatic heterocycles. The molecule has 0 saturated heterocycles. The number of phenols is 1. The Morgan fingerprint density at radius 3 is 2.92 bits per heavy atom. The maximum absolute atomic E-state index is 9.68.